The van der Waals surface area contributed by atoms with Gasteiger partial charge in [-0.2, -0.15) is 0 Å². The van der Waals surface area contributed by atoms with Crippen LogP contribution < -0.4 is 5.73 Å². The minimum atomic E-state index is 0. The molecule has 0 aromatic heterocycles. The van der Waals surface area contributed by atoms with Gasteiger partial charge < -0.3 is 5.73 Å². The molecule has 1 aliphatic rings. The Kier molecular flexibility index (Phi) is 4.67. The summed E-state index contributed by atoms with van der Waals surface area (Å²) in [4.78, 5) is 0. The third-order valence-corrected chi connectivity index (χ3v) is 4.52. The van der Waals surface area contributed by atoms with Crippen molar-refractivity contribution in [1.82, 2.24) is 0 Å². The van der Waals surface area contributed by atoms with Gasteiger partial charge in [0.25, 0.3) is 0 Å². The Balaban J connectivity index is 0.00000133. The lowest BCUT2D eigenvalue weighted by atomic mass is 10.00. The molecule has 3 atom stereocenters. The van der Waals surface area contributed by atoms with Crippen molar-refractivity contribution in [1.29, 1.82) is 0 Å². The molecule has 1 fully saturated rings. The first-order chi connectivity index (χ1) is 8.77. The van der Waals surface area contributed by atoms with E-state index < -0.39 is 0 Å². The molecule has 1 aliphatic carbocycles. The zero-order valence-corrected chi connectivity index (χ0v) is 12.9. The summed E-state index contributed by atoms with van der Waals surface area (Å²) in [6.45, 7) is 0. The highest BCUT2D eigenvalue weighted by Gasteiger charge is 2.43. The Hall–Kier alpha value is -0.830. The molecule has 3 heteroatoms. The van der Waals surface area contributed by atoms with Gasteiger partial charge in [-0.15, -0.1) is 12.4 Å². The number of nitrogens with two attached hydrogens (primary N) is 1. The fraction of sp³-hybridized carbons (Fsp3) is 0.250. The van der Waals surface area contributed by atoms with Gasteiger partial charge in [-0.3, -0.25) is 0 Å². The summed E-state index contributed by atoms with van der Waals surface area (Å²) in [5.74, 6) is 1.21. The summed E-state index contributed by atoms with van der Waals surface area (Å²) in [6, 6.07) is 19.1. The molecular weight excluding hydrogens is 322 g/mol. The first kappa shape index (κ1) is 14.6. The molecule has 1 unspecified atom stereocenters. The van der Waals surface area contributed by atoms with Crippen molar-refractivity contribution in [2.24, 2.45) is 11.7 Å². The maximum Gasteiger partial charge on any atom is 0.0340 e. The minimum Gasteiger partial charge on any atom is -0.324 e. The van der Waals surface area contributed by atoms with Gasteiger partial charge in [0.15, 0.2) is 0 Å². The standard InChI is InChI=1S/C16H16BrN.ClH/c17-15-9-5-4-8-12(15)16(18)14-10-13(14)11-6-2-1-3-7-11;/h1-9,13-14,16H,10,18H2;1H/t13-,14+,16?;/m0./s1. The van der Waals surface area contributed by atoms with Crippen molar-refractivity contribution in [2.45, 2.75) is 18.4 Å². The Labute approximate surface area is 128 Å². The summed E-state index contributed by atoms with van der Waals surface area (Å²) in [5.41, 5.74) is 9.04. The van der Waals surface area contributed by atoms with E-state index in [9.17, 15) is 0 Å². The molecule has 0 amide bonds. The van der Waals surface area contributed by atoms with Crippen molar-refractivity contribution in [2.75, 3.05) is 0 Å². The van der Waals surface area contributed by atoms with Crippen molar-refractivity contribution >= 4 is 28.3 Å². The van der Waals surface area contributed by atoms with E-state index in [1.54, 1.807) is 0 Å². The van der Waals surface area contributed by atoms with E-state index in [1.807, 2.05) is 6.07 Å². The van der Waals surface area contributed by atoms with Crippen LogP contribution >= 0.6 is 28.3 Å². The Morgan fingerprint density at radius 3 is 2.32 bits per heavy atom. The number of benzene rings is 2. The number of hydrogen-bond acceptors (Lipinski definition) is 1. The van der Waals surface area contributed by atoms with E-state index in [2.05, 4.69) is 64.5 Å². The molecule has 1 saturated carbocycles. The van der Waals surface area contributed by atoms with E-state index in [4.69, 9.17) is 5.73 Å². The highest BCUT2D eigenvalue weighted by atomic mass is 79.9. The van der Waals surface area contributed by atoms with Gasteiger partial charge in [0.05, 0.1) is 0 Å². The van der Waals surface area contributed by atoms with E-state index in [0.29, 0.717) is 11.8 Å². The molecule has 100 valence electrons. The third-order valence-electron chi connectivity index (χ3n) is 3.79. The molecule has 0 spiro atoms. The smallest absolute Gasteiger partial charge is 0.0340 e. The van der Waals surface area contributed by atoms with Crippen LogP contribution in [0.25, 0.3) is 0 Å². The van der Waals surface area contributed by atoms with E-state index in [-0.39, 0.29) is 18.4 Å². The predicted molar refractivity (Wildman–Crippen MR) is 85.6 cm³/mol. The van der Waals surface area contributed by atoms with E-state index >= 15 is 0 Å². The Morgan fingerprint density at radius 2 is 1.63 bits per heavy atom. The third kappa shape index (κ3) is 3.02. The summed E-state index contributed by atoms with van der Waals surface area (Å²) >= 11 is 3.59. The topological polar surface area (TPSA) is 26.0 Å². The van der Waals surface area contributed by atoms with Crippen molar-refractivity contribution in [3.05, 3.63) is 70.2 Å². The van der Waals surface area contributed by atoms with Crippen molar-refractivity contribution in [3.63, 3.8) is 0 Å². The highest BCUT2D eigenvalue weighted by Crippen LogP contribution is 2.53. The monoisotopic (exact) mass is 337 g/mol. The van der Waals surface area contributed by atoms with Crippen LogP contribution in [-0.2, 0) is 0 Å². The molecule has 0 heterocycles. The van der Waals surface area contributed by atoms with Crippen LogP contribution in [0.2, 0.25) is 0 Å². The number of rotatable bonds is 3. The molecular formula is C16H17BrClN. The van der Waals surface area contributed by atoms with Crippen molar-refractivity contribution < 1.29 is 0 Å². The minimum absolute atomic E-state index is 0. The summed E-state index contributed by atoms with van der Waals surface area (Å²) in [7, 11) is 0. The van der Waals surface area contributed by atoms with Gasteiger partial charge in [0, 0.05) is 10.5 Å². The summed E-state index contributed by atoms with van der Waals surface area (Å²) < 4.78 is 1.12. The maximum absolute atomic E-state index is 6.40. The molecule has 0 saturated heterocycles. The maximum atomic E-state index is 6.40. The molecule has 0 bridgehead atoms. The molecule has 19 heavy (non-hydrogen) atoms. The Morgan fingerprint density at radius 1 is 1.00 bits per heavy atom. The quantitative estimate of drug-likeness (QED) is 0.864. The number of halogens is 2. The first-order valence-corrected chi connectivity index (χ1v) is 7.11. The van der Waals surface area contributed by atoms with Gasteiger partial charge in [-0.1, -0.05) is 64.5 Å². The fourth-order valence-corrected chi connectivity index (χ4v) is 3.22. The Bertz CT molecular complexity index is 543. The predicted octanol–water partition coefficient (Wildman–Crippen LogP) is 4.67. The second kappa shape index (κ2) is 6.08. The summed E-state index contributed by atoms with van der Waals surface area (Å²) in [6.07, 6.45) is 1.20. The lowest BCUT2D eigenvalue weighted by Gasteiger charge is -2.13. The highest BCUT2D eigenvalue weighted by molar-refractivity contribution is 9.10. The zero-order valence-electron chi connectivity index (χ0n) is 10.5. The van der Waals surface area contributed by atoms with Gasteiger partial charge in [0.1, 0.15) is 0 Å². The van der Waals surface area contributed by atoms with Crippen LogP contribution in [0, 0.1) is 5.92 Å². The molecule has 0 aliphatic heterocycles. The normalized spacial score (nSPS) is 22.4. The van der Waals surface area contributed by atoms with Gasteiger partial charge >= 0.3 is 0 Å². The molecule has 2 aromatic rings. The van der Waals surface area contributed by atoms with E-state index in [0.717, 1.165) is 4.47 Å². The van der Waals surface area contributed by atoms with Gasteiger partial charge in [0.2, 0.25) is 0 Å². The molecule has 3 rings (SSSR count). The average Bonchev–Trinajstić information content (AvgIpc) is 3.20. The van der Waals surface area contributed by atoms with Crippen LogP contribution in [0.15, 0.2) is 59.1 Å². The summed E-state index contributed by atoms with van der Waals surface area (Å²) in [5, 5.41) is 0. The zero-order chi connectivity index (χ0) is 12.5. The molecule has 0 radical (unpaired) electrons. The molecule has 1 nitrogen and oxygen atoms in total. The average molecular weight is 339 g/mol. The largest absolute Gasteiger partial charge is 0.324 e. The van der Waals surface area contributed by atoms with Gasteiger partial charge in [-0.25, -0.2) is 0 Å². The molecule has 2 N–H and O–H groups in total. The van der Waals surface area contributed by atoms with Crippen LogP contribution in [0.3, 0.4) is 0 Å². The second-order valence-electron chi connectivity index (χ2n) is 4.96. The lowest BCUT2D eigenvalue weighted by Crippen LogP contribution is -2.14. The SMILES string of the molecule is Cl.NC(c1ccccc1Br)[C@@H]1C[C@H]1c1ccccc1. The molecule has 2 aromatic carbocycles. The van der Waals surface area contributed by atoms with Crippen LogP contribution in [-0.4, -0.2) is 0 Å². The first-order valence-electron chi connectivity index (χ1n) is 6.32. The van der Waals surface area contributed by atoms with Gasteiger partial charge in [-0.05, 0) is 35.4 Å². The second-order valence-corrected chi connectivity index (χ2v) is 5.82. The lowest BCUT2D eigenvalue weighted by molar-refractivity contribution is 0.613. The van der Waals surface area contributed by atoms with Crippen LogP contribution in [0.4, 0.5) is 0 Å². The van der Waals surface area contributed by atoms with E-state index in [1.165, 1.54) is 17.5 Å². The fourth-order valence-electron chi connectivity index (χ4n) is 2.67. The van der Waals surface area contributed by atoms with Crippen molar-refractivity contribution in [3.8, 4) is 0 Å². The van der Waals surface area contributed by atoms with Crippen LogP contribution in [0.1, 0.15) is 29.5 Å². The van der Waals surface area contributed by atoms with Crippen LogP contribution in [0.5, 0.6) is 0 Å². The number of hydrogen-bond donors (Lipinski definition) is 1.